The lowest BCUT2D eigenvalue weighted by atomic mass is 10.2. The predicted molar refractivity (Wildman–Crippen MR) is 117 cm³/mol. The summed E-state index contributed by atoms with van der Waals surface area (Å²) in [4.78, 5) is 32.5. The van der Waals surface area contributed by atoms with Crippen molar-refractivity contribution in [2.45, 2.75) is 12.5 Å². The van der Waals surface area contributed by atoms with E-state index in [-0.39, 0.29) is 19.1 Å². The molecule has 0 aliphatic carbocycles. The number of carbonyl (C=O) groups excluding carboxylic acids is 1. The minimum atomic E-state index is -1.07. The highest BCUT2D eigenvalue weighted by Gasteiger charge is 2.23. The van der Waals surface area contributed by atoms with Gasteiger partial charge in [0.15, 0.2) is 5.82 Å². The van der Waals surface area contributed by atoms with E-state index in [4.69, 9.17) is 4.98 Å². The third kappa shape index (κ3) is 5.97. The number of rotatable bonds is 9. The zero-order valence-corrected chi connectivity index (χ0v) is 17.9. The van der Waals surface area contributed by atoms with Crippen LogP contribution in [0.3, 0.4) is 0 Å². The van der Waals surface area contributed by atoms with Crippen LogP contribution in [0.1, 0.15) is 6.42 Å². The first kappa shape index (κ1) is 22.1. The van der Waals surface area contributed by atoms with Crippen LogP contribution in [0.15, 0.2) is 30.3 Å². The Labute approximate surface area is 180 Å². The van der Waals surface area contributed by atoms with Gasteiger partial charge in [0.25, 0.3) is 0 Å². The Hall–Kier alpha value is -2.56. The monoisotopic (exact) mass is 432 g/mol. The molecule has 2 N–H and O–H groups in total. The van der Waals surface area contributed by atoms with Gasteiger partial charge in [-0.15, -0.1) is 0 Å². The molecule has 0 spiro atoms. The second-order valence-electron chi connectivity index (χ2n) is 7.25. The molecule has 1 atom stereocenters. The van der Waals surface area contributed by atoms with E-state index < -0.39 is 6.09 Å². The summed E-state index contributed by atoms with van der Waals surface area (Å²) in [5.41, 5.74) is 1.02. The molecule has 162 valence electrons. The summed E-state index contributed by atoms with van der Waals surface area (Å²) in [6.45, 7) is 4.44. The fourth-order valence-electron chi connectivity index (χ4n) is 3.53. The first-order valence-corrected chi connectivity index (χ1v) is 10.8. The molecule has 1 amide bonds. The van der Waals surface area contributed by atoms with Gasteiger partial charge in [-0.3, -0.25) is 9.80 Å². The molecular weight excluding hydrogens is 404 g/mol. The smallest absolute Gasteiger partial charge is 0.407 e. The van der Waals surface area contributed by atoms with Crippen molar-refractivity contribution in [1.29, 1.82) is 0 Å². The number of nitrogens with zero attached hydrogens (tertiary/aromatic N) is 5. The van der Waals surface area contributed by atoms with Gasteiger partial charge in [-0.25, -0.2) is 4.79 Å². The van der Waals surface area contributed by atoms with Crippen LogP contribution < -0.4 is 10.2 Å². The SMILES string of the molecule is CNC(CN1CCCN(c2nc(-c3ccccc3)ns2)CC1)CN(CC=O)C(=O)O. The van der Waals surface area contributed by atoms with Crippen molar-refractivity contribution >= 4 is 29.0 Å². The Morgan fingerprint density at radius 2 is 2.10 bits per heavy atom. The summed E-state index contributed by atoms with van der Waals surface area (Å²) < 4.78 is 4.52. The van der Waals surface area contributed by atoms with Gasteiger partial charge in [-0.1, -0.05) is 30.3 Å². The van der Waals surface area contributed by atoms with Crippen LogP contribution in [0.2, 0.25) is 0 Å². The Bertz CT molecular complexity index is 818. The predicted octanol–water partition coefficient (Wildman–Crippen LogP) is 1.48. The standard InChI is InChI=1S/C20H28N6O3S/c1-21-17(15-26(12-13-27)20(28)29)14-24-8-5-9-25(11-10-24)19-22-18(23-30-19)16-6-3-2-4-7-16/h2-4,6-7,13,17,21H,5,8-12,14-15H2,1H3,(H,28,29). The minimum Gasteiger partial charge on any atom is -0.465 e. The van der Waals surface area contributed by atoms with Crippen molar-refractivity contribution < 1.29 is 14.7 Å². The van der Waals surface area contributed by atoms with Crippen LogP contribution in [-0.4, -0.2) is 95.5 Å². The lowest BCUT2D eigenvalue weighted by Gasteiger charge is -2.29. The minimum absolute atomic E-state index is 0.0428. The molecule has 30 heavy (non-hydrogen) atoms. The van der Waals surface area contributed by atoms with E-state index in [1.54, 1.807) is 0 Å². The molecular formula is C20H28N6O3S. The van der Waals surface area contributed by atoms with Crippen LogP contribution in [0.25, 0.3) is 11.4 Å². The van der Waals surface area contributed by atoms with Crippen LogP contribution in [0, 0.1) is 0 Å². The molecule has 0 radical (unpaired) electrons. The molecule has 1 saturated heterocycles. The van der Waals surface area contributed by atoms with E-state index in [2.05, 4.69) is 19.5 Å². The number of aromatic nitrogens is 2. The number of likely N-dealkylation sites (N-methyl/N-ethyl adjacent to an activating group) is 1. The van der Waals surface area contributed by atoms with E-state index >= 15 is 0 Å². The molecule has 9 nitrogen and oxygen atoms in total. The highest BCUT2D eigenvalue weighted by atomic mass is 32.1. The number of hydrogen-bond donors (Lipinski definition) is 2. The molecule has 10 heteroatoms. The van der Waals surface area contributed by atoms with Gasteiger partial charge in [0.1, 0.15) is 6.29 Å². The molecule has 1 aromatic heterocycles. The number of amides is 1. The summed E-state index contributed by atoms with van der Waals surface area (Å²) in [6, 6.07) is 9.93. The van der Waals surface area contributed by atoms with Gasteiger partial charge < -0.3 is 20.1 Å². The third-order valence-electron chi connectivity index (χ3n) is 5.20. The fourth-order valence-corrected chi connectivity index (χ4v) is 4.27. The van der Waals surface area contributed by atoms with Crippen molar-refractivity contribution in [3.63, 3.8) is 0 Å². The maximum Gasteiger partial charge on any atom is 0.407 e. The number of carbonyl (C=O) groups is 2. The Morgan fingerprint density at radius 3 is 2.80 bits per heavy atom. The summed E-state index contributed by atoms with van der Waals surface area (Å²) in [5, 5.41) is 13.4. The average molecular weight is 433 g/mol. The van der Waals surface area contributed by atoms with Crippen LogP contribution in [-0.2, 0) is 4.79 Å². The fraction of sp³-hybridized carbons (Fsp3) is 0.500. The van der Waals surface area contributed by atoms with E-state index in [1.807, 2.05) is 37.4 Å². The van der Waals surface area contributed by atoms with Crippen LogP contribution >= 0.6 is 11.5 Å². The molecule has 1 aliphatic heterocycles. The number of nitrogens with one attached hydrogen (secondary N) is 1. The molecule has 1 fully saturated rings. The largest absolute Gasteiger partial charge is 0.465 e. The van der Waals surface area contributed by atoms with Crippen molar-refractivity contribution in [3.8, 4) is 11.4 Å². The summed E-state index contributed by atoms with van der Waals surface area (Å²) >= 11 is 1.43. The summed E-state index contributed by atoms with van der Waals surface area (Å²) in [5.74, 6) is 0.760. The Balaban J connectivity index is 1.56. The number of aldehydes is 1. The van der Waals surface area contributed by atoms with E-state index in [1.165, 1.54) is 11.5 Å². The first-order chi connectivity index (χ1) is 14.6. The normalized spacial score (nSPS) is 16.1. The molecule has 1 aromatic carbocycles. The lowest BCUT2D eigenvalue weighted by Crippen LogP contribution is -2.49. The van der Waals surface area contributed by atoms with Crippen LogP contribution in [0.4, 0.5) is 9.93 Å². The number of benzene rings is 1. The van der Waals surface area contributed by atoms with Gasteiger partial charge in [-0.05, 0) is 20.0 Å². The highest BCUT2D eigenvalue weighted by molar-refractivity contribution is 7.09. The number of anilines is 1. The highest BCUT2D eigenvalue weighted by Crippen LogP contribution is 2.24. The molecule has 2 heterocycles. The Kier molecular flexibility index (Phi) is 8.12. The average Bonchev–Trinajstić information content (AvgIpc) is 3.14. The zero-order valence-electron chi connectivity index (χ0n) is 17.1. The molecule has 0 saturated carbocycles. The van der Waals surface area contributed by atoms with Crippen molar-refractivity contribution in [2.24, 2.45) is 0 Å². The van der Waals surface area contributed by atoms with Crippen molar-refractivity contribution in [1.82, 2.24) is 24.5 Å². The van der Waals surface area contributed by atoms with Gasteiger partial charge >= 0.3 is 6.09 Å². The van der Waals surface area contributed by atoms with Crippen molar-refractivity contribution in [2.75, 3.05) is 57.8 Å². The molecule has 1 aliphatic rings. The first-order valence-electron chi connectivity index (χ1n) is 10.1. The maximum absolute atomic E-state index is 11.3. The molecule has 3 rings (SSSR count). The Morgan fingerprint density at radius 1 is 1.30 bits per heavy atom. The van der Waals surface area contributed by atoms with E-state index in [9.17, 15) is 14.7 Å². The summed E-state index contributed by atoms with van der Waals surface area (Å²) in [6.07, 6.45) is 0.541. The van der Waals surface area contributed by atoms with Gasteiger partial charge in [0.05, 0.1) is 6.54 Å². The molecule has 2 aromatic rings. The maximum atomic E-state index is 11.3. The van der Waals surface area contributed by atoms with Gasteiger partial charge in [0, 0.05) is 55.9 Å². The topological polar surface area (TPSA) is 102 Å². The van der Waals surface area contributed by atoms with E-state index in [0.717, 1.165) is 60.6 Å². The van der Waals surface area contributed by atoms with Crippen LogP contribution in [0.5, 0.6) is 0 Å². The summed E-state index contributed by atoms with van der Waals surface area (Å²) in [7, 11) is 1.82. The van der Waals surface area contributed by atoms with Crippen molar-refractivity contribution in [3.05, 3.63) is 30.3 Å². The quantitative estimate of drug-likeness (QED) is 0.575. The molecule has 1 unspecified atom stereocenters. The second kappa shape index (κ2) is 11.0. The van der Waals surface area contributed by atoms with Gasteiger partial charge in [0.2, 0.25) is 5.13 Å². The second-order valence-corrected chi connectivity index (χ2v) is 7.98. The lowest BCUT2D eigenvalue weighted by molar-refractivity contribution is -0.108. The number of carboxylic acid groups (broad SMARTS) is 1. The zero-order chi connectivity index (χ0) is 21.3. The third-order valence-corrected chi connectivity index (χ3v) is 5.98. The molecule has 0 bridgehead atoms. The van der Waals surface area contributed by atoms with Gasteiger partial charge in [-0.2, -0.15) is 9.36 Å². The number of hydrogen-bond acceptors (Lipinski definition) is 8. The van der Waals surface area contributed by atoms with E-state index in [0.29, 0.717) is 6.29 Å².